The minimum atomic E-state index is 0.0121. The van der Waals surface area contributed by atoms with E-state index in [-0.39, 0.29) is 6.10 Å². The van der Waals surface area contributed by atoms with Gasteiger partial charge in [0.05, 0.1) is 12.7 Å². The van der Waals surface area contributed by atoms with Gasteiger partial charge in [-0.05, 0) is 30.4 Å². The molecule has 1 fully saturated rings. The van der Waals surface area contributed by atoms with Gasteiger partial charge in [-0.15, -0.1) is 0 Å². The minimum Gasteiger partial charge on any atom is -0.373 e. The van der Waals surface area contributed by atoms with Gasteiger partial charge in [-0.2, -0.15) is 0 Å². The van der Waals surface area contributed by atoms with E-state index in [1.165, 1.54) is 11.1 Å². The molecule has 2 nitrogen and oxygen atoms in total. The van der Waals surface area contributed by atoms with Crippen LogP contribution in [0, 0.1) is 5.92 Å². The summed E-state index contributed by atoms with van der Waals surface area (Å²) < 4.78 is 5.73. The highest BCUT2D eigenvalue weighted by Gasteiger charge is 2.32. The van der Waals surface area contributed by atoms with Gasteiger partial charge in [0, 0.05) is 12.3 Å². The van der Waals surface area contributed by atoms with E-state index in [1.807, 2.05) is 6.07 Å². The maximum atomic E-state index is 11.8. The van der Waals surface area contributed by atoms with Crippen LogP contribution in [0.15, 0.2) is 24.3 Å². The quantitative estimate of drug-likeness (QED) is 0.776. The largest absolute Gasteiger partial charge is 0.373 e. The SMILES string of the molecule is O=C(CC1OCCc2ccccc21)C1CC1. The van der Waals surface area contributed by atoms with Crippen molar-refractivity contribution in [2.75, 3.05) is 6.61 Å². The molecular formula is C14H16O2. The Labute approximate surface area is 95.6 Å². The van der Waals surface area contributed by atoms with Gasteiger partial charge in [0.15, 0.2) is 0 Å². The number of Topliss-reactive ketones (excluding diaryl/α,β-unsaturated/α-hetero) is 1. The monoisotopic (exact) mass is 216 g/mol. The highest BCUT2D eigenvalue weighted by Crippen LogP contribution is 2.36. The third-order valence-electron chi connectivity index (χ3n) is 3.51. The van der Waals surface area contributed by atoms with Gasteiger partial charge in [-0.3, -0.25) is 4.79 Å². The number of fused-ring (bicyclic) bond motifs is 1. The zero-order valence-electron chi connectivity index (χ0n) is 9.32. The topological polar surface area (TPSA) is 26.3 Å². The van der Waals surface area contributed by atoms with Crippen LogP contribution >= 0.6 is 0 Å². The van der Waals surface area contributed by atoms with Crippen LogP contribution in [-0.4, -0.2) is 12.4 Å². The van der Waals surface area contributed by atoms with Crippen molar-refractivity contribution >= 4 is 5.78 Å². The van der Waals surface area contributed by atoms with Gasteiger partial charge in [0.1, 0.15) is 5.78 Å². The first-order chi connectivity index (χ1) is 7.84. The first kappa shape index (κ1) is 10.0. The van der Waals surface area contributed by atoms with Crippen LogP contribution in [0.1, 0.15) is 36.5 Å². The summed E-state index contributed by atoms with van der Waals surface area (Å²) in [5.41, 5.74) is 2.57. The molecule has 0 saturated heterocycles. The van der Waals surface area contributed by atoms with Gasteiger partial charge in [0.25, 0.3) is 0 Å². The fourth-order valence-corrected chi connectivity index (χ4v) is 2.40. The summed E-state index contributed by atoms with van der Waals surface area (Å²) in [7, 11) is 0. The predicted octanol–water partition coefficient (Wildman–Crippen LogP) is 2.67. The van der Waals surface area contributed by atoms with Crippen LogP contribution in [0.5, 0.6) is 0 Å². The molecule has 1 aromatic rings. The van der Waals surface area contributed by atoms with Crippen LogP contribution in [0.4, 0.5) is 0 Å². The molecule has 0 spiro atoms. The average Bonchev–Trinajstić information content (AvgIpc) is 3.13. The zero-order valence-corrected chi connectivity index (χ0v) is 9.32. The number of ether oxygens (including phenoxy) is 1. The van der Waals surface area contributed by atoms with Crippen LogP contribution in [-0.2, 0) is 16.0 Å². The van der Waals surface area contributed by atoms with Gasteiger partial charge < -0.3 is 4.74 Å². The molecule has 2 heteroatoms. The lowest BCUT2D eigenvalue weighted by atomic mass is 9.94. The summed E-state index contributed by atoms with van der Waals surface area (Å²) in [6, 6.07) is 8.33. The molecule has 1 aromatic carbocycles. The molecule has 1 aliphatic carbocycles. The van der Waals surface area contributed by atoms with E-state index in [4.69, 9.17) is 4.74 Å². The standard InChI is InChI=1S/C14H16O2/c15-13(11-5-6-11)9-14-12-4-2-1-3-10(12)7-8-16-14/h1-4,11,14H,5-9H2. The second-order valence-corrected chi connectivity index (χ2v) is 4.75. The molecule has 1 heterocycles. The Hall–Kier alpha value is -1.15. The first-order valence-electron chi connectivity index (χ1n) is 6.07. The molecule has 0 radical (unpaired) electrons. The Morgan fingerprint density at radius 1 is 1.31 bits per heavy atom. The molecule has 1 aliphatic heterocycles. The van der Waals surface area contributed by atoms with Crippen molar-refractivity contribution in [2.45, 2.75) is 31.8 Å². The van der Waals surface area contributed by atoms with Gasteiger partial charge >= 0.3 is 0 Å². The molecule has 1 unspecified atom stereocenters. The van der Waals surface area contributed by atoms with Crippen molar-refractivity contribution in [2.24, 2.45) is 5.92 Å². The van der Waals surface area contributed by atoms with Gasteiger partial charge in [-0.1, -0.05) is 24.3 Å². The molecule has 2 aliphatic rings. The predicted molar refractivity (Wildman–Crippen MR) is 61.2 cm³/mol. The lowest BCUT2D eigenvalue weighted by Crippen LogP contribution is -2.19. The normalized spacial score (nSPS) is 23.9. The molecule has 84 valence electrons. The number of carbonyl (C=O) groups excluding carboxylic acids is 1. The molecule has 1 atom stereocenters. The zero-order chi connectivity index (χ0) is 11.0. The molecule has 0 N–H and O–H groups in total. The fourth-order valence-electron chi connectivity index (χ4n) is 2.40. The maximum absolute atomic E-state index is 11.8. The maximum Gasteiger partial charge on any atom is 0.138 e. The van der Waals surface area contributed by atoms with Crippen LogP contribution in [0.2, 0.25) is 0 Å². The summed E-state index contributed by atoms with van der Waals surface area (Å²) in [5, 5.41) is 0. The lowest BCUT2D eigenvalue weighted by molar-refractivity contribution is -0.123. The average molecular weight is 216 g/mol. The van der Waals surface area contributed by atoms with Crippen molar-refractivity contribution in [1.82, 2.24) is 0 Å². The van der Waals surface area contributed by atoms with Crippen LogP contribution in [0.3, 0.4) is 0 Å². The summed E-state index contributed by atoms with van der Waals surface area (Å²) in [5.74, 6) is 0.736. The summed E-state index contributed by atoms with van der Waals surface area (Å²) in [4.78, 5) is 11.8. The van der Waals surface area contributed by atoms with E-state index in [0.717, 1.165) is 25.9 Å². The molecule has 0 amide bonds. The molecule has 1 saturated carbocycles. The first-order valence-corrected chi connectivity index (χ1v) is 6.07. The molecule has 0 aromatic heterocycles. The molecular weight excluding hydrogens is 200 g/mol. The third-order valence-corrected chi connectivity index (χ3v) is 3.51. The van der Waals surface area contributed by atoms with Gasteiger partial charge in [0.2, 0.25) is 0 Å². The number of hydrogen-bond donors (Lipinski definition) is 0. The number of hydrogen-bond acceptors (Lipinski definition) is 2. The highest BCUT2D eigenvalue weighted by atomic mass is 16.5. The molecule has 3 rings (SSSR count). The minimum absolute atomic E-state index is 0.0121. The van der Waals surface area contributed by atoms with Crippen molar-refractivity contribution < 1.29 is 9.53 Å². The van der Waals surface area contributed by atoms with E-state index in [0.29, 0.717) is 18.1 Å². The Morgan fingerprint density at radius 3 is 2.94 bits per heavy atom. The second-order valence-electron chi connectivity index (χ2n) is 4.75. The smallest absolute Gasteiger partial charge is 0.138 e. The van der Waals surface area contributed by atoms with E-state index in [9.17, 15) is 4.79 Å². The van der Waals surface area contributed by atoms with Crippen LogP contribution < -0.4 is 0 Å². The number of carbonyl (C=O) groups is 1. The number of benzene rings is 1. The van der Waals surface area contributed by atoms with Crippen molar-refractivity contribution in [3.8, 4) is 0 Å². The number of ketones is 1. The Morgan fingerprint density at radius 2 is 2.12 bits per heavy atom. The number of rotatable bonds is 3. The lowest BCUT2D eigenvalue weighted by Gasteiger charge is -2.25. The summed E-state index contributed by atoms with van der Waals surface area (Å²) in [6.07, 6.45) is 3.74. The van der Waals surface area contributed by atoms with E-state index in [2.05, 4.69) is 18.2 Å². The fraction of sp³-hybridized carbons (Fsp3) is 0.500. The van der Waals surface area contributed by atoms with E-state index in [1.54, 1.807) is 0 Å². The summed E-state index contributed by atoms with van der Waals surface area (Å²) >= 11 is 0. The second kappa shape index (κ2) is 4.02. The molecule has 0 bridgehead atoms. The van der Waals surface area contributed by atoms with E-state index < -0.39 is 0 Å². The Balaban J connectivity index is 1.78. The Bertz CT molecular complexity index is 407. The highest BCUT2D eigenvalue weighted by molar-refractivity contribution is 5.83. The van der Waals surface area contributed by atoms with E-state index >= 15 is 0 Å². The van der Waals surface area contributed by atoms with Crippen molar-refractivity contribution in [1.29, 1.82) is 0 Å². The van der Waals surface area contributed by atoms with Crippen molar-refractivity contribution in [3.63, 3.8) is 0 Å². The van der Waals surface area contributed by atoms with Gasteiger partial charge in [-0.25, -0.2) is 0 Å². The molecule has 16 heavy (non-hydrogen) atoms. The Kier molecular flexibility index (Phi) is 2.52. The summed E-state index contributed by atoms with van der Waals surface area (Å²) in [6.45, 7) is 0.750. The third kappa shape index (κ3) is 1.90. The van der Waals surface area contributed by atoms with Crippen LogP contribution in [0.25, 0.3) is 0 Å². The van der Waals surface area contributed by atoms with Crippen molar-refractivity contribution in [3.05, 3.63) is 35.4 Å².